The molecule has 0 fully saturated rings. The molecule has 0 aliphatic carbocycles. The van der Waals surface area contributed by atoms with E-state index in [-0.39, 0.29) is 0 Å². The standard InChI is InChI=1S/C13H14BrN3O/c1-3-15-13-12(16-6-7-17-13)10-8-9(14)4-5-11(10)18-2/h4-8H,3H2,1-2H3,(H,15,17). The normalized spacial score (nSPS) is 10.2. The van der Waals surface area contributed by atoms with Gasteiger partial charge in [-0.25, -0.2) is 4.98 Å². The molecule has 1 heterocycles. The molecular formula is C13H14BrN3O. The van der Waals surface area contributed by atoms with E-state index in [1.54, 1.807) is 19.5 Å². The fourth-order valence-electron chi connectivity index (χ4n) is 1.70. The lowest BCUT2D eigenvalue weighted by Gasteiger charge is -2.12. The number of ether oxygens (including phenoxy) is 1. The summed E-state index contributed by atoms with van der Waals surface area (Å²) in [6.45, 7) is 2.82. The summed E-state index contributed by atoms with van der Waals surface area (Å²) in [5, 5.41) is 3.20. The fraction of sp³-hybridized carbons (Fsp3) is 0.231. The molecule has 18 heavy (non-hydrogen) atoms. The van der Waals surface area contributed by atoms with Gasteiger partial charge in [-0.05, 0) is 25.1 Å². The van der Waals surface area contributed by atoms with E-state index in [1.807, 2.05) is 25.1 Å². The molecule has 0 saturated carbocycles. The van der Waals surface area contributed by atoms with Gasteiger partial charge < -0.3 is 10.1 Å². The lowest BCUT2D eigenvalue weighted by atomic mass is 10.1. The zero-order valence-corrected chi connectivity index (χ0v) is 11.9. The molecule has 0 atom stereocenters. The third-order valence-corrected chi connectivity index (χ3v) is 2.95. The first-order chi connectivity index (χ1) is 8.76. The first-order valence-corrected chi connectivity index (χ1v) is 6.44. The molecule has 0 aliphatic heterocycles. The Morgan fingerprint density at radius 3 is 2.78 bits per heavy atom. The summed E-state index contributed by atoms with van der Waals surface area (Å²) in [5.41, 5.74) is 1.70. The lowest BCUT2D eigenvalue weighted by Crippen LogP contribution is -2.03. The van der Waals surface area contributed by atoms with Gasteiger partial charge in [0.2, 0.25) is 0 Å². The summed E-state index contributed by atoms with van der Waals surface area (Å²) < 4.78 is 6.35. The van der Waals surface area contributed by atoms with E-state index in [4.69, 9.17) is 4.74 Å². The highest BCUT2D eigenvalue weighted by Crippen LogP contribution is 2.34. The average molecular weight is 308 g/mol. The van der Waals surface area contributed by atoms with Crippen molar-refractivity contribution < 1.29 is 4.74 Å². The molecule has 0 unspecified atom stereocenters. The first kappa shape index (κ1) is 12.8. The second-order valence-electron chi connectivity index (χ2n) is 3.63. The van der Waals surface area contributed by atoms with Crippen molar-refractivity contribution in [3.63, 3.8) is 0 Å². The molecule has 1 aromatic carbocycles. The van der Waals surface area contributed by atoms with Crippen molar-refractivity contribution in [1.29, 1.82) is 0 Å². The molecule has 1 aromatic heterocycles. The van der Waals surface area contributed by atoms with Crippen molar-refractivity contribution in [2.45, 2.75) is 6.92 Å². The minimum atomic E-state index is 0.761. The van der Waals surface area contributed by atoms with E-state index in [9.17, 15) is 0 Å². The summed E-state index contributed by atoms with van der Waals surface area (Å²) in [6, 6.07) is 5.82. The third kappa shape index (κ3) is 2.61. The Hall–Kier alpha value is -1.62. The number of benzene rings is 1. The van der Waals surface area contributed by atoms with Crippen LogP contribution in [-0.4, -0.2) is 23.6 Å². The number of aromatic nitrogens is 2. The Morgan fingerprint density at radius 2 is 2.06 bits per heavy atom. The van der Waals surface area contributed by atoms with Gasteiger partial charge in [-0.3, -0.25) is 4.98 Å². The number of hydrogen-bond acceptors (Lipinski definition) is 4. The molecule has 0 spiro atoms. The van der Waals surface area contributed by atoms with Crippen LogP contribution in [0.25, 0.3) is 11.3 Å². The molecule has 0 aliphatic rings. The Balaban J connectivity index is 2.57. The van der Waals surface area contributed by atoms with Gasteiger partial charge in [0, 0.05) is 29.0 Å². The summed E-state index contributed by atoms with van der Waals surface area (Å²) >= 11 is 3.46. The van der Waals surface area contributed by atoms with Crippen LogP contribution >= 0.6 is 15.9 Å². The van der Waals surface area contributed by atoms with E-state index in [0.29, 0.717) is 0 Å². The molecule has 0 radical (unpaired) electrons. The van der Waals surface area contributed by atoms with Gasteiger partial charge in [0.15, 0.2) is 5.82 Å². The Kier molecular flexibility index (Phi) is 4.15. The molecule has 4 nitrogen and oxygen atoms in total. The largest absolute Gasteiger partial charge is 0.496 e. The highest BCUT2D eigenvalue weighted by atomic mass is 79.9. The molecule has 94 valence electrons. The van der Waals surface area contributed by atoms with Gasteiger partial charge in [-0.2, -0.15) is 0 Å². The Bertz CT molecular complexity index is 546. The minimum Gasteiger partial charge on any atom is -0.496 e. The van der Waals surface area contributed by atoms with Crippen LogP contribution in [-0.2, 0) is 0 Å². The van der Waals surface area contributed by atoms with Crippen LogP contribution < -0.4 is 10.1 Å². The molecule has 0 saturated heterocycles. The second-order valence-corrected chi connectivity index (χ2v) is 4.54. The van der Waals surface area contributed by atoms with Crippen molar-refractivity contribution >= 4 is 21.7 Å². The molecule has 5 heteroatoms. The van der Waals surface area contributed by atoms with E-state index < -0.39 is 0 Å². The van der Waals surface area contributed by atoms with Crippen molar-refractivity contribution in [3.8, 4) is 17.0 Å². The molecule has 0 amide bonds. The molecular weight excluding hydrogens is 294 g/mol. The van der Waals surface area contributed by atoms with Gasteiger partial charge in [0.1, 0.15) is 11.4 Å². The first-order valence-electron chi connectivity index (χ1n) is 5.65. The minimum absolute atomic E-state index is 0.761. The van der Waals surface area contributed by atoms with E-state index in [1.165, 1.54) is 0 Å². The summed E-state index contributed by atoms with van der Waals surface area (Å²) in [6.07, 6.45) is 3.35. The maximum Gasteiger partial charge on any atom is 0.152 e. The molecule has 1 N–H and O–H groups in total. The number of anilines is 1. The maximum absolute atomic E-state index is 5.37. The summed E-state index contributed by atoms with van der Waals surface area (Å²) in [4.78, 5) is 8.70. The van der Waals surface area contributed by atoms with Crippen LogP contribution in [0.1, 0.15) is 6.92 Å². The maximum atomic E-state index is 5.37. The number of hydrogen-bond donors (Lipinski definition) is 1. The van der Waals surface area contributed by atoms with E-state index in [0.717, 1.165) is 33.8 Å². The average Bonchev–Trinajstić information content (AvgIpc) is 2.40. The molecule has 2 aromatic rings. The number of nitrogens with one attached hydrogen (secondary N) is 1. The van der Waals surface area contributed by atoms with E-state index >= 15 is 0 Å². The summed E-state index contributed by atoms with van der Waals surface area (Å²) in [7, 11) is 1.65. The van der Waals surface area contributed by atoms with Crippen LogP contribution in [0.3, 0.4) is 0 Å². The van der Waals surface area contributed by atoms with Crippen molar-refractivity contribution in [1.82, 2.24) is 9.97 Å². The monoisotopic (exact) mass is 307 g/mol. The van der Waals surface area contributed by atoms with Gasteiger partial charge in [-0.15, -0.1) is 0 Å². The highest BCUT2D eigenvalue weighted by molar-refractivity contribution is 9.10. The predicted molar refractivity (Wildman–Crippen MR) is 75.9 cm³/mol. The van der Waals surface area contributed by atoms with Crippen molar-refractivity contribution in [2.75, 3.05) is 19.0 Å². The van der Waals surface area contributed by atoms with Crippen LogP contribution in [0.5, 0.6) is 5.75 Å². The van der Waals surface area contributed by atoms with Gasteiger partial charge in [-0.1, -0.05) is 15.9 Å². The topological polar surface area (TPSA) is 47.0 Å². The Labute approximate surface area is 115 Å². The zero-order valence-electron chi connectivity index (χ0n) is 10.3. The Morgan fingerprint density at radius 1 is 1.28 bits per heavy atom. The number of methoxy groups -OCH3 is 1. The quantitative estimate of drug-likeness (QED) is 0.941. The smallest absolute Gasteiger partial charge is 0.152 e. The van der Waals surface area contributed by atoms with Crippen molar-refractivity contribution in [3.05, 3.63) is 35.1 Å². The van der Waals surface area contributed by atoms with Crippen LogP contribution in [0, 0.1) is 0 Å². The fourth-order valence-corrected chi connectivity index (χ4v) is 2.06. The van der Waals surface area contributed by atoms with Crippen LogP contribution in [0.4, 0.5) is 5.82 Å². The SMILES string of the molecule is CCNc1nccnc1-c1cc(Br)ccc1OC. The number of halogens is 1. The molecule has 0 bridgehead atoms. The van der Waals surface area contributed by atoms with Crippen LogP contribution in [0.2, 0.25) is 0 Å². The van der Waals surface area contributed by atoms with Gasteiger partial charge in [0.05, 0.1) is 7.11 Å². The third-order valence-electron chi connectivity index (χ3n) is 2.46. The predicted octanol–water partition coefficient (Wildman–Crippen LogP) is 3.35. The molecule has 2 rings (SSSR count). The highest BCUT2D eigenvalue weighted by Gasteiger charge is 2.12. The zero-order chi connectivity index (χ0) is 13.0. The number of nitrogens with zero attached hydrogens (tertiary/aromatic N) is 2. The van der Waals surface area contributed by atoms with Gasteiger partial charge in [0.25, 0.3) is 0 Å². The van der Waals surface area contributed by atoms with Gasteiger partial charge >= 0.3 is 0 Å². The van der Waals surface area contributed by atoms with Crippen LogP contribution in [0.15, 0.2) is 35.1 Å². The van der Waals surface area contributed by atoms with Crippen molar-refractivity contribution in [2.24, 2.45) is 0 Å². The lowest BCUT2D eigenvalue weighted by molar-refractivity contribution is 0.416. The number of rotatable bonds is 4. The summed E-state index contributed by atoms with van der Waals surface area (Å²) in [5.74, 6) is 1.54. The van der Waals surface area contributed by atoms with E-state index in [2.05, 4.69) is 31.2 Å². The second kappa shape index (κ2) is 5.82.